The molecule has 26 heavy (non-hydrogen) atoms. The van der Waals surface area contributed by atoms with E-state index in [0.717, 1.165) is 25.7 Å². The predicted molar refractivity (Wildman–Crippen MR) is 101 cm³/mol. The Bertz CT molecular complexity index is 782. The zero-order valence-electron chi connectivity index (χ0n) is 15.4. The van der Waals surface area contributed by atoms with Gasteiger partial charge in [-0.25, -0.2) is 12.7 Å². The molecule has 3 fully saturated rings. The van der Waals surface area contributed by atoms with Crippen LogP contribution in [0.4, 0.5) is 0 Å². The minimum atomic E-state index is -3.11. The van der Waals surface area contributed by atoms with E-state index in [9.17, 15) is 13.2 Å². The summed E-state index contributed by atoms with van der Waals surface area (Å²) in [5, 5.41) is 0. The minimum Gasteiger partial charge on any atom is -0.337 e. The van der Waals surface area contributed by atoms with Crippen molar-refractivity contribution in [1.82, 2.24) is 9.21 Å². The maximum atomic E-state index is 12.8. The highest BCUT2D eigenvalue weighted by Crippen LogP contribution is 2.44. The topological polar surface area (TPSA) is 57.7 Å². The smallest absolute Gasteiger partial charge is 0.224 e. The second kappa shape index (κ2) is 6.97. The van der Waals surface area contributed by atoms with E-state index >= 15 is 0 Å². The maximum absolute atomic E-state index is 12.8. The van der Waals surface area contributed by atoms with Gasteiger partial charge < -0.3 is 4.90 Å². The number of hydrogen-bond acceptors (Lipinski definition) is 3. The summed E-state index contributed by atoms with van der Waals surface area (Å²) in [6, 6.07) is 9.24. The molecule has 6 heteroatoms. The zero-order valence-corrected chi connectivity index (χ0v) is 16.2. The Morgan fingerprint density at radius 1 is 1.19 bits per heavy atom. The summed E-state index contributed by atoms with van der Waals surface area (Å²) in [5.74, 6) is 0.922. The van der Waals surface area contributed by atoms with Crippen molar-refractivity contribution < 1.29 is 13.2 Å². The van der Waals surface area contributed by atoms with Crippen LogP contribution in [0.1, 0.15) is 55.6 Å². The SMILES string of the molecule is Cc1ccccc1C1CC(N(C(=O)CCN2CCCS2(=O)=O)C2CC2)C1. The molecule has 0 radical (unpaired) electrons. The van der Waals surface area contributed by atoms with Gasteiger partial charge in [0, 0.05) is 31.6 Å². The number of benzene rings is 1. The summed E-state index contributed by atoms with van der Waals surface area (Å²) in [4.78, 5) is 14.9. The number of aryl methyl sites for hydroxylation is 1. The summed E-state index contributed by atoms with van der Waals surface area (Å²) in [6.45, 7) is 3.07. The van der Waals surface area contributed by atoms with E-state index in [0.29, 0.717) is 43.9 Å². The Morgan fingerprint density at radius 2 is 1.92 bits per heavy atom. The molecule has 142 valence electrons. The predicted octanol–water partition coefficient (Wildman–Crippen LogP) is 2.66. The lowest BCUT2D eigenvalue weighted by Crippen LogP contribution is -2.49. The lowest BCUT2D eigenvalue weighted by molar-refractivity contribution is -0.136. The van der Waals surface area contributed by atoms with Gasteiger partial charge in [-0.1, -0.05) is 24.3 Å². The fourth-order valence-electron chi connectivity index (χ4n) is 4.46. The van der Waals surface area contributed by atoms with Crippen molar-refractivity contribution in [2.24, 2.45) is 0 Å². The van der Waals surface area contributed by atoms with Gasteiger partial charge in [-0.05, 0) is 56.1 Å². The van der Waals surface area contributed by atoms with Crippen molar-refractivity contribution >= 4 is 15.9 Å². The minimum absolute atomic E-state index is 0.142. The van der Waals surface area contributed by atoms with E-state index < -0.39 is 10.0 Å². The molecule has 0 spiro atoms. The molecule has 2 aliphatic carbocycles. The Morgan fingerprint density at radius 3 is 2.54 bits per heavy atom. The molecule has 1 aliphatic heterocycles. The summed E-state index contributed by atoms with van der Waals surface area (Å²) in [6.07, 6.45) is 5.27. The number of nitrogens with zero attached hydrogens (tertiary/aromatic N) is 2. The third kappa shape index (κ3) is 3.54. The molecular formula is C20H28N2O3S. The molecule has 0 N–H and O–H groups in total. The van der Waals surface area contributed by atoms with Gasteiger partial charge in [0.1, 0.15) is 0 Å². The van der Waals surface area contributed by atoms with Crippen LogP contribution in [0.3, 0.4) is 0 Å². The Kier molecular flexibility index (Phi) is 4.82. The van der Waals surface area contributed by atoms with Gasteiger partial charge in [0.25, 0.3) is 0 Å². The summed E-state index contributed by atoms with van der Waals surface area (Å²) >= 11 is 0. The molecule has 3 aliphatic rings. The molecule has 0 aromatic heterocycles. The molecule has 5 nitrogen and oxygen atoms in total. The van der Waals surface area contributed by atoms with E-state index in [1.54, 1.807) is 0 Å². The first-order chi connectivity index (χ1) is 12.5. The number of carbonyl (C=O) groups is 1. The number of rotatable bonds is 6. The van der Waals surface area contributed by atoms with Crippen LogP contribution in [0.25, 0.3) is 0 Å². The molecule has 0 atom stereocenters. The molecule has 1 aromatic rings. The van der Waals surface area contributed by atoms with E-state index in [1.807, 2.05) is 0 Å². The molecule has 4 rings (SSSR count). The standard InChI is InChI=1S/C20H28N2O3S/c1-15-5-2-3-6-19(15)16-13-18(14-16)22(17-7-8-17)20(23)9-11-21-10-4-12-26(21,24)25/h2-3,5-6,16-18H,4,7-14H2,1H3. The van der Waals surface area contributed by atoms with E-state index in [1.165, 1.54) is 15.4 Å². The number of hydrogen-bond donors (Lipinski definition) is 0. The van der Waals surface area contributed by atoms with Crippen LogP contribution < -0.4 is 0 Å². The number of sulfonamides is 1. The first-order valence-corrected chi connectivity index (χ1v) is 11.4. The van der Waals surface area contributed by atoms with Crippen molar-refractivity contribution in [2.75, 3.05) is 18.8 Å². The van der Waals surface area contributed by atoms with Crippen molar-refractivity contribution in [3.63, 3.8) is 0 Å². The van der Waals surface area contributed by atoms with Crippen LogP contribution in [0.2, 0.25) is 0 Å². The molecular weight excluding hydrogens is 348 g/mol. The lowest BCUT2D eigenvalue weighted by Gasteiger charge is -2.44. The molecule has 1 heterocycles. The van der Waals surface area contributed by atoms with Crippen LogP contribution >= 0.6 is 0 Å². The van der Waals surface area contributed by atoms with Gasteiger partial charge in [-0.2, -0.15) is 0 Å². The van der Waals surface area contributed by atoms with Crippen LogP contribution in [0.15, 0.2) is 24.3 Å². The van der Waals surface area contributed by atoms with Crippen molar-refractivity contribution in [1.29, 1.82) is 0 Å². The number of amides is 1. The average Bonchev–Trinajstić information content (AvgIpc) is 3.33. The van der Waals surface area contributed by atoms with Gasteiger partial charge in [0.15, 0.2) is 0 Å². The second-order valence-electron chi connectivity index (χ2n) is 8.03. The van der Waals surface area contributed by atoms with Crippen molar-refractivity contribution in [3.8, 4) is 0 Å². The van der Waals surface area contributed by atoms with Crippen LogP contribution in [0.5, 0.6) is 0 Å². The molecule has 0 bridgehead atoms. The van der Waals surface area contributed by atoms with Crippen molar-refractivity contribution in [2.45, 2.75) is 63.5 Å². The molecule has 2 saturated carbocycles. The highest BCUT2D eigenvalue weighted by molar-refractivity contribution is 7.89. The summed E-state index contributed by atoms with van der Waals surface area (Å²) in [7, 11) is -3.11. The average molecular weight is 377 g/mol. The van der Waals surface area contributed by atoms with Crippen LogP contribution in [-0.2, 0) is 14.8 Å². The third-order valence-corrected chi connectivity index (χ3v) is 8.10. The quantitative estimate of drug-likeness (QED) is 0.767. The van der Waals surface area contributed by atoms with Gasteiger partial charge in [-0.15, -0.1) is 0 Å². The highest BCUT2D eigenvalue weighted by Gasteiger charge is 2.43. The molecule has 1 aromatic carbocycles. The van der Waals surface area contributed by atoms with E-state index in [4.69, 9.17) is 0 Å². The Labute approximate surface area is 156 Å². The number of carbonyl (C=O) groups excluding carboxylic acids is 1. The normalized spacial score (nSPS) is 27.9. The van der Waals surface area contributed by atoms with Crippen molar-refractivity contribution in [3.05, 3.63) is 35.4 Å². The molecule has 1 saturated heterocycles. The fourth-order valence-corrected chi connectivity index (χ4v) is 5.99. The lowest BCUT2D eigenvalue weighted by atomic mass is 9.73. The monoisotopic (exact) mass is 376 g/mol. The third-order valence-electron chi connectivity index (χ3n) is 6.14. The van der Waals surface area contributed by atoms with Crippen LogP contribution in [0, 0.1) is 6.92 Å². The first kappa shape index (κ1) is 18.0. The fraction of sp³-hybridized carbons (Fsp3) is 0.650. The zero-order chi connectivity index (χ0) is 18.3. The van der Waals surface area contributed by atoms with Gasteiger partial charge in [0.2, 0.25) is 15.9 Å². The van der Waals surface area contributed by atoms with Gasteiger partial charge in [0.05, 0.1) is 5.75 Å². The van der Waals surface area contributed by atoms with Gasteiger partial charge >= 0.3 is 0 Å². The van der Waals surface area contributed by atoms with E-state index in [2.05, 4.69) is 36.1 Å². The first-order valence-electron chi connectivity index (χ1n) is 9.80. The largest absolute Gasteiger partial charge is 0.337 e. The summed E-state index contributed by atoms with van der Waals surface area (Å²) in [5.41, 5.74) is 2.74. The molecule has 1 amide bonds. The second-order valence-corrected chi connectivity index (χ2v) is 10.1. The summed E-state index contributed by atoms with van der Waals surface area (Å²) < 4.78 is 25.3. The Hall–Kier alpha value is -1.40. The van der Waals surface area contributed by atoms with Gasteiger partial charge in [-0.3, -0.25) is 4.79 Å². The van der Waals surface area contributed by atoms with E-state index in [-0.39, 0.29) is 11.7 Å². The highest BCUT2D eigenvalue weighted by atomic mass is 32.2. The Balaban J connectivity index is 1.35. The maximum Gasteiger partial charge on any atom is 0.224 e. The van der Waals surface area contributed by atoms with Crippen LogP contribution in [-0.4, -0.2) is 54.5 Å². The molecule has 0 unspecified atom stereocenters.